The third kappa shape index (κ3) is 3.39. The molecule has 5 heteroatoms. The molecule has 1 aromatic carbocycles. The zero-order valence-corrected chi connectivity index (χ0v) is 12.8. The van der Waals surface area contributed by atoms with Crippen LogP contribution in [0.3, 0.4) is 0 Å². The lowest BCUT2D eigenvalue weighted by atomic mass is 9.94. The maximum Gasteiger partial charge on any atom is 0.340 e. The number of hydrogen-bond acceptors (Lipinski definition) is 5. The number of nitrogens with two attached hydrogens (primary N) is 1. The molecule has 4 nitrogen and oxygen atoms in total. The van der Waals surface area contributed by atoms with Crippen molar-refractivity contribution in [3.05, 3.63) is 23.8 Å². The van der Waals surface area contributed by atoms with E-state index in [4.69, 9.17) is 10.5 Å². The molecule has 1 aliphatic rings. The normalized spacial score (nSPS) is 22.3. The van der Waals surface area contributed by atoms with E-state index in [2.05, 4.69) is 11.6 Å². The van der Waals surface area contributed by atoms with Crippen LogP contribution in [-0.2, 0) is 4.74 Å². The zero-order chi connectivity index (χ0) is 14.5. The molecule has 0 aliphatic heterocycles. The molecular formula is C15H22N2O2S. The van der Waals surface area contributed by atoms with E-state index in [1.807, 2.05) is 17.8 Å². The van der Waals surface area contributed by atoms with Crippen molar-refractivity contribution in [3.63, 3.8) is 0 Å². The molecule has 1 saturated carbocycles. The number of nitrogen functional groups attached to an aromatic ring is 1. The second-order valence-electron chi connectivity index (χ2n) is 5.12. The second kappa shape index (κ2) is 6.88. The van der Waals surface area contributed by atoms with Crippen molar-refractivity contribution in [3.8, 4) is 0 Å². The highest BCUT2D eigenvalue weighted by Crippen LogP contribution is 2.31. The van der Waals surface area contributed by atoms with E-state index in [1.165, 1.54) is 20.0 Å². The first-order valence-corrected chi connectivity index (χ1v) is 8.20. The number of carbonyl (C=O) groups is 1. The number of carbonyl (C=O) groups excluding carboxylic acids is 1. The molecule has 20 heavy (non-hydrogen) atoms. The van der Waals surface area contributed by atoms with Crippen molar-refractivity contribution in [2.45, 2.75) is 37.0 Å². The van der Waals surface area contributed by atoms with Gasteiger partial charge in [-0.15, -0.1) is 0 Å². The Morgan fingerprint density at radius 3 is 2.65 bits per heavy atom. The Morgan fingerprint density at radius 2 is 2.05 bits per heavy atom. The molecule has 1 aromatic rings. The van der Waals surface area contributed by atoms with Gasteiger partial charge in [0.25, 0.3) is 0 Å². The third-order valence-electron chi connectivity index (χ3n) is 3.86. The van der Waals surface area contributed by atoms with Gasteiger partial charge in [-0.25, -0.2) is 4.79 Å². The van der Waals surface area contributed by atoms with Gasteiger partial charge in [-0.05, 0) is 44.1 Å². The second-order valence-corrected chi connectivity index (χ2v) is 6.25. The average Bonchev–Trinajstić information content (AvgIpc) is 2.49. The number of esters is 1. The fraction of sp³-hybridized carbons (Fsp3) is 0.533. The van der Waals surface area contributed by atoms with Gasteiger partial charge in [0.05, 0.1) is 24.0 Å². The summed E-state index contributed by atoms with van der Waals surface area (Å²) in [6.07, 6.45) is 6.81. The molecule has 0 amide bonds. The molecule has 2 rings (SSSR count). The van der Waals surface area contributed by atoms with Crippen LogP contribution in [0.25, 0.3) is 0 Å². The van der Waals surface area contributed by atoms with Crippen LogP contribution in [0.1, 0.15) is 36.0 Å². The van der Waals surface area contributed by atoms with E-state index >= 15 is 0 Å². The van der Waals surface area contributed by atoms with E-state index in [-0.39, 0.29) is 5.97 Å². The van der Waals surface area contributed by atoms with Gasteiger partial charge in [0.2, 0.25) is 0 Å². The molecule has 0 spiro atoms. The lowest BCUT2D eigenvalue weighted by Crippen LogP contribution is -2.28. The first-order valence-electron chi connectivity index (χ1n) is 6.91. The van der Waals surface area contributed by atoms with Gasteiger partial charge in [0, 0.05) is 11.3 Å². The molecule has 0 unspecified atom stereocenters. The molecule has 0 radical (unpaired) electrons. The summed E-state index contributed by atoms with van der Waals surface area (Å²) in [6.45, 7) is 0. The smallest absolute Gasteiger partial charge is 0.340 e. The Hall–Kier alpha value is -1.36. The lowest BCUT2D eigenvalue weighted by Gasteiger charge is -2.29. The summed E-state index contributed by atoms with van der Waals surface area (Å²) in [5.41, 5.74) is 7.84. The van der Waals surface area contributed by atoms with Crippen LogP contribution >= 0.6 is 11.8 Å². The first kappa shape index (κ1) is 15.0. The number of thioether (sulfide) groups is 1. The number of anilines is 2. The highest BCUT2D eigenvalue weighted by Gasteiger charge is 2.23. The van der Waals surface area contributed by atoms with Crippen molar-refractivity contribution in [2.24, 2.45) is 0 Å². The Bertz CT molecular complexity index is 471. The zero-order valence-electron chi connectivity index (χ0n) is 12.0. The Kier molecular flexibility index (Phi) is 5.17. The van der Waals surface area contributed by atoms with E-state index in [9.17, 15) is 4.79 Å². The average molecular weight is 294 g/mol. The number of benzene rings is 1. The molecule has 110 valence electrons. The highest BCUT2D eigenvalue weighted by molar-refractivity contribution is 7.99. The number of rotatable bonds is 4. The van der Waals surface area contributed by atoms with E-state index in [0.29, 0.717) is 23.0 Å². The number of nitrogens with one attached hydrogen (secondary N) is 1. The van der Waals surface area contributed by atoms with Crippen molar-refractivity contribution >= 4 is 29.1 Å². The molecule has 0 aromatic heterocycles. The predicted molar refractivity (Wildman–Crippen MR) is 85.4 cm³/mol. The summed E-state index contributed by atoms with van der Waals surface area (Å²) in [5.74, 6) is -0.349. The van der Waals surface area contributed by atoms with Crippen LogP contribution in [0, 0.1) is 0 Å². The first-order chi connectivity index (χ1) is 9.65. The molecule has 1 aliphatic carbocycles. The Balaban J connectivity index is 2.11. The van der Waals surface area contributed by atoms with Crippen LogP contribution in [0.2, 0.25) is 0 Å². The topological polar surface area (TPSA) is 64.3 Å². The number of ether oxygens (including phenoxy) is 1. The van der Waals surface area contributed by atoms with Crippen LogP contribution in [-0.4, -0.2) is 30.6 Å². The standard InChI is InChI=1S/C15H22N2O2S/c1-19-15(18)12-4-3-5-13(16)14(12)17-10-6-8-11(20-2)9-7-10/h3-5,10-11,17H,6-9,16H2,1-2H3. The Labute approximate surface area is 124 Å². The van der Waals surface area contributed by atoms with Crippen LogP contribution in [0.5, 0.6) is 0 Å². The Morgan fingerprint density at radius 1 is 1.35 bits per heavy atom. The van der Waals surface area contributed by atoms with Crippen LogP contribution in [0.4, 0.5) is 11.4 Å². The third-order valence-corrected chi connectivity index (χ3v) is 5.00. The van der Waals surface area contributed by atoms with Crippen molar-refractivity contribution in [2.75, 3.05) is 24.4 Å². The summed E-state index contributed by atoms with van der Waals surface area (Å²) in [4.78, 5) is 11.8. The van der Waals surface area contributed by atoms with Gasteiger partial charge < -0.3 is 15.8 Å². The quantitative estimate of drug-likeness (QED) is 0.660. The van der Waals surface area contributed by atoms with Gasteiger partial charge in [-0.1, -0.05) is 6.07 Å². The van der Waals surface area contributed by atoms with E-state index < -0.39 is 0 Å². The van der Waals surface area contributed by atoms with Gasteiger partial charge in [-0.3, -0.25) is 0 Å². The molecule has 0 atom stereocenters. The molecule has 0 heterocycles. The molecule has 0 bridgehead atoms. The predicted octanol–water partition coefficient (Wildman–Crippen LogP) is 3.14. The minimum absolute atomic E-state index is 0.349. The summed E-state index contributed by atoms with van der Waals surface area (Å²) < 4.78 is 4.82. The summed E-state index contributed by atoms with van der Waals surface area (Å²) >= 11 is 1.94. The fourth-order valence-corrected chi connectivity index (χ4v) is 3.40. The van der Waals surface area contributed by atoms with Gasteiger partial charge in [0.1, 0.15) is 0 Å². The van der Waals surface area contributed by atoms with E-state index in [0.717, 1.165) is 18.1 Å². The lowest BCUT2D eigenvalue weighted by molar-refractivity contribution is 0.0602. The van der Waals surface area contributed by atoms with Crippen molar-refractivity contribution in [1.29, 1.82) is 0 Å². The minimum atomic E-state index is -0.349. The van der Waals surface area contributed by atoms with Crippen molar-refractivity contribution < 1.29 is 9.53 Å². The summed E-state index contributed by atoms with van der Waals surface area (Å²) in [6, 6.07) is 5.71. The van der Waals surface area contributed by atoms with Gasteiger partial charge in [0.15, 0.2) is 0 Å². The summed E-state index contributed by atoms with van der Waals surface area (Å²) in [7, 11) is 1.39. The monoisotopic (exact) mass is 294 g/mol. The number of hydrogen-bond donors (Lipinski definition) is 2. The molecular weight excluding hydrogens is 272 g/mol. The number of methoxy groups -OCH3 is 1. The van der Waals surface area contributed by atoms with Gasteiger partial charge >= 0.3 is 5.97 Å². The minimum Gasteiger partial charge on any atom is -0.465 e. The highest BCUT2D eigenvalue weighted by atomic mass is 32.2. The number of para-hydroxylation sites is 1. The largest absolute Gasteiger partial charge is 0.465 e. The van der Waals surface area contributed by atoms with E-state index in [1.54, 1.807) is 12.1 Å². The van der Waals surface area contributed by atoms with Crippen LogP contribution in [0.15, 0.2) is 18.2 Å². The molecule has 1 fully saturated rings. The fourth-order valence-electron chi connectivity index (χ4n) is 2.66. The molecule has 3 N–H and O–H groups in total. The maximum atomic E-state index is 11.8. The van der Waals surface area contributed by atoms with Crippen LogP contribution < -0.4 is 11.1 Å². The van der Waals surface area contributed by atoms with Crippen molar-refractivity contribution in [1.82, 2.24) is 0 Å². The molecule has 0 saturated heterocycles. The SMILES string of the molecule is COC(=O)c1cccc(N)c1NC1CCC(SC)CC1. The van der Waals surface area contributed by atoms with Gasteiger partial charge in [-0.2, -0.15) is 11.8 Å². The maximum absolute atomic E-state index is 11.8. The summed E-state index contributed by atoms with van der Waals surface area (Å²) in [5, 5.41) is 4.21.